The lowest BCUT2D eigenvalue weighted by Crippen LogP contribution is -2.23. The van der Waals surface area contributed by atoms with Gasteiger partial charge >= 0.3 is 0 Å². The molecule has 142 valence electrons. The van der Waals surface area contributed by atoms with E-state index in [1.807, 2.05) is 12.1 Å². The Balaban J connectivity index is 1.59. The molecule has 0 unspecified atom stereocenters. The molecule has 2 N–H and O–H groups in total. The molecule has 0 aliphatic carbocycles. The first kappa shape index (κ1) is 18.7. The zero-order valence-electron chi connectivity index (χ0n) is 14.5. The lowest BCUT2D eigenvalue weighted by atomic mass is 10.2. The highest BCUT2D eigenvalue weighted by Gasteiger charge is 2.22. The van der Waals surface area contributed by atoms with Crippen LogP contribution < -0.4 is 10.0 Å². The molecule has 28 heavy (non-hydrogen) atoms. The van der Waals surface area contributed by atoms with E-state index in [4.69, 9.17) is 0 Å². The summed E-state index contributed by atoms with van der Waals surface area (Å²) >= 11 is 1.40. The number of fused-ring (bicyclic) bond motifs is 2. The lowest BCUT2D eigenvalue weighted by Gasteiger charge is -2.11. The number of hydrogen-bond acceptors (Lipinski definition) is 4. The van der Waals surface area contributed by atoms with E-state index in [-0.39, 0.29) is 23.2 Å². The van der Waals surface area contributed by atoms with Gasteiger partial charge in [-0.3, -0.25) is 4.79 Å². The Bertz CT molecular complexity index is 1160. The van der Waals surface area contributed by atoms with Crippen molar-refractivity contribution < 1.29 is 17.6 Å². The third-order valence-corrected chi connectivity index (χ3v) is 6.79. The van der Waals surface area contributed by atoms with E-state index in [1.165, 1.54) is 48.2 Å². The largest absolute Gasteiger partial charge is 0.321 e. The SMILES string of the molecule is O=C1Nc2cc(S(=O)(=O)NCc3ccc(F)cc3)ccc2Sc2ccccc21. The van der Waals surface area contributed by atoms with Crippen molar-refractivity contribution in [2.75, 3.05) is 5.32 Å². The van der Waals surface area contributed by atoms with Crippen molar-refractivity contribution in [3.63, 3.8) is 0 Å². The van der Waals surface area contributed by atoms with Crippen molar-refractivity contribution in [1.29, 1.82) is 0 Å². The molecular formula is C20H15FN2O3S2. The Morgan fingerprint density at radius 3 is 2.50 bits per heavy atom. The summed E-state index contributed by atoms with van der Waals surface area (Å²) in [5.74, 6) is -0.665. The first-order valence-corrected chi connectivity index (χ1v) is 10.7. The number of hydrogen-bond donors (Lipinski definition) is 2. The Labute approximate surface area is 166 Å². The molecule has 0 bridgehead atoms. The van der Waals surface area contributed by atoms with Crippen LogP contribution in [0.1, 0.15) is 15.9 Å². The highest BCUT2D eigenvalue weighted by atomic mass is 32.2. The zero-order chi connectivity index (χ0) is 19.7. The first-order chi connectivity index (χ1) is 13.4. The number of sulfonamides is 1. The number of carbonyl (C=O) groups is 1. The summed E-state index contributed by atoms with van der Waals surface area (Å²) < 4.78 is 40.7. The second kappa shape index (κ2) is 7.38. The van der Waals surface area contributed by atoms with Crippen molar-refractivity contribution in [3.8, 4) is 0 Å². The number of halogens is 1. The van der Waals surface area contributed by atoms with Crippen LogP contribution in [0.5, 0.6) is 0 Å². The molecule has 3 aromatic carbocycles. The molecule has 1 heterocycles. The highest BCUT2D eigenvalue weighted by Crippen LogP contribution is 2.39. The van der Waals surface area contributed by atoms with Gasteiger partial charge in [0.05, 0.1) is 16.1 Å². The highest BCUT2D eigenvalue weighted by molar-refractivity contribution is 7.99. The molecule has 0 fully saturated rings. The van der Waals surface area contributed by atoms with Crippen LogP contribution in [0.25, 0.3) is 0 Å². The molecule has 0 radical (unpaired) electrons. The van der Waals surface area contributed by atoms with E-state index in [0.29, 0.717) is 16.8 Å². The Hall–Kier alpha value is -2.68. The number of benzene rings is 3. The van der Waals surface area contributed by atoms with Gasteiger partial charge in [0.25, 0.3) is 5.91 Å². The minimum absolute atomic E-state index is 0.0340. The average Bonchev–Trinajstić information content (AvgIpc) is 2.83. The maximum Gasteiger partial charge on any atom is 0.256 e. The van der Waals surface area contributed by atoms with Crippen LogP contribution >= 0.6 is 11.8 Å². The molecule has 0 spiro atoms. The van der Waals surface area contributed by atoms with E-state index in [2.05, 4.69) is 10.0 Å². The number of nitrogens with one attached hydrogen (secondary N) is 2. The molecule has 1 aliphatic heterocycles. The fraction of sp³-hybridized carbons (Fsp3) is 0.0500. The topological polar surface area (TPSA) is 75.3 Å². The van der Waals surface area contributed by atoms with Gasteiger partial charge in [0, 0.05) is 16.3 Å². The number of anilines is 1. The fourth-order valence-electron chi connectivity index (χ4n) is 2.78. The minimum Gasteiger partial charge on any atom is -0.321 e. The number of amides is 1. The third kappa shape index (κ3) is 3.80. The molecule has 4 rings (SSSR count). The van der Waals surface area contributed by atoms with Gasteiger partial charge in [-0.1, -0.05) is 36.0 Å². The molecule has 1 amide bonds. The van der Waals surface area contributed by atoms with Gasteiger partial charge in [0.1, 0.15) is 5.82 Å². The van der Waals surface area contributed by atoms with Crippen molar-refractivity contribution in [3.05, 3.63) is 83.7 Å². The summed E-state index contributed by atoms with van der Waals surface area (Å²) in [7, 11) is -3.80. The van der Waals surface area contributed by atoms with Crippen LogP contribution in [0.2, 0.25) is 0 Å². The fourth-order valence-corrected chi connectivity index (χ4v) is 4.83. The summed E-state index contributed by atoms with van der Waals surface area (Å²) in [5.41, 5.74) is 1.62. The summed E-state index contributed by atoms with van der Waals surface area (Å²) in [5, 5.41) is 2.78. The second-order valence-corrected chi connectivity index (χ2v) is 9.01. The second-order valence-electron chi connectivity index (χ2n) is 6.16. The lowest BCUT2D eigenvalue weighted by molar-refractivity contribution is 0.102. The summed E-state index contributed by atoms with van der Waals surface area (Å²) in [6.07, 6.45) is 0. The molecule has 0 saturated heterocycles. The molecule has 5 nitrogen and oxygen atoms in total. The Kier molecular flexibility index (Phi) is 4.92. The van der Waals surface area contributed by atoms with Crippen molar-refractivity contribution in [2.24, 2.45) is 0 Å². The van der Waals surface area contributed by atoms with Crippen LogP contribution in [-0.2, 0) is 16.6 Å². The van der Waals surface area contributed by atoms with E-state index in [1.54, 1.807) is 18.2 Å². The molecule has 0 aromatic heterocycles. The standard InChI is InChI=1S/C20H15FN2O3S2/c21-14-7-5-13(6-8-14)12-22-28(25,26)15-9-10-19-17(11-15)23-20(24)16-3-1-2-4-18(16)27-19/h1-11,22H,12H2,(H,23,24). The van der Waals surface area contributed by atoms with Crippen LogP contribution in [0.3, 0.4) is 0 Å². The third-order valence-electron chi connectivity index (χ3n) is 4.24. The molecule has 3 aromatic rings. The van der Waals surface area contributed by atoms with Gasteiger partial charge in [0.2, 0.25) is 10.0 Å². The predicted molar refractivity (Wildman–Crippen MR) is 105 cm³/mol. The number of carbonyl (C=O) groups excluding carboxylic acids is 1. The van der Waals surface area contributed by atoms with Gasteiger partial charge in [-0.25, -0.2) is 17.5 Å². The summed E-state index contributed by atoms with van der Waals surface area (Å²) in [6, 6.07) is 17.4. The smallest absolute Gasteiger partial charge is 0.256 e. The van der Waals surface area contributed by atoms with Crippen LogP contribution in [0.15, 0.2) is 81.4 Å². The van der Waals surface area contributed by atoms with Gasteiger partial charge in [-0.05, 0) is 48.0 Å². The van der Waals surface area contributed by atoms with E-state index in [0.717, 1.165) is 9.79 Å². The first-order valence-electron chi connectivity index (χ1n) is 8.39. The van der Waals surface area contributed by atoms with Gasteiger partial charge in [-0.2, -0.15) is 0 Å². The molecule has 8 heteroatoms. The van der Waals surface area contributed by atoms with E-state index < -0.39 is 10.0 Å². The maximum atomic E-state index is 13.0. The average molecular weight is 414 g/mol. The number of rotatable bonds is 4. The van der Waals surface area contributed by atoms with Crippen molar-refractivity contribution >= 4 is 33.4 Å². The molecular weight excluding hydrogens is 399 g/mol. The molecule has 0 atom stereocenters. The zero-order valence-corrected chi connectivity index (χ0v) is 16.1. The maximum absolute atomic E-state index is 13.0. The Morgan fingerprint density at radius 2 is 1.71 bits per heavy atom. The molecule has 1 aliphatic rings. The van der Waals surface area contributed by atoms with Crippen LogP contribution in [-0.4, -0.2) is 14.3 Å². The summed E-state index contributed by atoms with van der Waals surface area (Å²) in [6.45, 7) is 0.0340. The normalized spacial score (nSPS) is 13.2. The predicted octanol–water partition coefficient (Wildman–Crippen LogP) is 4.02. The minimum atomic E-state index is -3.80. The van der Waals surface area contributed by atoms with Crippen LogP contribution in [0, 0.1) is 5.82 Å². The van der Waals surface area contributed by atoms with Crippen molar-refractivity contribution in [2.45, 2.75) is 21.2 Å². The monoisotopic (exact) mass is 414 g/mol. The van der Waals surface area contributed by atoms with E-state index in [9.17, 15) is 17.6 Å². The Morgan fingerprint density at radius 1 is 0.964 bits per heavy atom. The van der Waals surface area contributed by atoms with Crippen LogP contribution in [0.4, 0.5) is 10.1 Å². The quantitative estimate of drug-likeness (QED) is 0.676. The molecule has 0 saturated carbocycles. The van der Waals surface area contributed by atoms with Gasteiger partial charge in [0.15, 0.2) is 0 Å². The van der Waals surface area contributed by atoms with E-state index >= 15 is 0 Å². The van der Waals surface area contributed by atoms with Gasteiger partial charge in [-0.15, -0.1) is 0 Å². The van der Waals surface area contributed by atoms with Crippen molar-refractivity contribution in [1.82, 2.24) is 4.72 Å². The summed E-state index contributed by atoms with van der Waals surface area (Å²) in [4.78, 5) is 14.1. The van der Waals surface area contributed by atoms with Gasteiger partial charge < -0.3 is 5.32 Å².